The SMILES string of the molecule is COC(CCS)(OC)[SiH2]C. The van der Waals surface area contributed by atoms with Gasteiger partial charge in [0.1, 0.15) is 5.41 Å². The molecule has 2 nitrogen and oxygen atoms in total. The third kappa shape index (κ3) is 2.62. The standard InChI is InChI=1S/C6H16O2SSi/c1-7-6(8-2,10-3)4-5-9/h9H,4-5,10H2,1-3H3. The van der Waals surface area contributed by atoms with Gasteiger partial charge in [-0.2, -0.15) is 12.6 Å². The van der Waals surface area contributed by atoms with Crippen LogP contribution in [0.5, 0.6) is 0 Å². The molecule has 0 aliphatic rings. The van der Waals surface area contributed by atoms with E-state index in [1.54, 1.807) is 14.2 Å². The van der Waals surface area contributed by atoms with Gasteiger partial charge in [0, 0.05) is 20.6 Å². The molecule has 0 heterocycles. The summed E-state index contributed by atoms with van der Waals surface area (Å²) in [7, 11) is 3.11. The Bertz CT molecular complexity index is 77.6. The van der Waals surface area contributed by atoms with E-state index in [9.17, 15) is 0 Å². The summed E-state index contributed by atoms with van der Waals surface area (Å²) in [5, 5.41) is 0. The Kier molecular flexibility index (Phi) is 5.43. The van der Waals surface area contributed by atoms with Crippen molar-refractivity contribution in [2.24, 2.45) is 0 Å². The molecule has 0 atom stereocenters. The van der Waals surface area contributed by atoms with Crippen LogP contribution in [0.15, 0.2) is 0 Å². The molecule has 0 bridgehead atoms. The maximum absolute atomic E-state index is 5.27. The zero-order chi connectivity index (χ0) is 8.04. The lowest BCUT2D eigenvalue weighted by Gasteiger charge is -2.28. The Balaban J connectivity index is 3.87. The summed E-state index contributed by atoms with van der Waals surface area (Å²) < 4.78 is 10.5. The number of thiol groups is 1. The van der Waals surface area contributed by atoms with Crippen molar-refractivity contribution in [3.63, 3.8) is 0 Å². The number of hydrogen-bond acceptors (Lipinski definition) is 3. The zero-order valence-electron chi connectivity index (χ0n) is 6.89. The summed E-state index contributed by atoms with van der Waals surface area (Å²) in [6.07, 6.45) is 0.895. The predicted octanol–water partition coefficient (Wildman–Crippen LogP) is 0.470. The Hall–Kier alpha value is 0.487. The van der Waals surface area contributed by atoms with E-state index in [0.717, 1.165) is 12.2 Å². The molecule has 0 amide bonds. The fourth-order valence-electron chi connectivity index (χ4n) is 0.923. The second-order valence-electron chi connectivity index (χ2n) is 2.15. The molecule has 0 fully saturated rings. The smallest absolute Gasteiger partial charge is 0.144 e. The molecule has 0 saturated carbocycles. The minimum atomic E-state index is -0.283. The first-order chi connectivity index (χ1) is 4.74. The van der Waals surface area contributed by atoms with Gasteiger partial charge < -0.3 is 9.47 Å². The predicted molar refractivity (Wildman–Crippen MR) is 49.6 cm³/mol. The van der Waals surface area contributed by atoms with Crippen LogP contribution < -0.4 is 0 Å². The minimum Gasteiger partial charge on any atom is -0.358 e. The van der Waals surface area contributed by atoms with Crippen molar-refractivity contribution in [3.05, 3.63) is 0 Å². The van der Waals surface area contributed by atoms with Crippen molar-refractivity contribution in [2.45, 2.75) is 18.4 Å². The van der Waals surface area contributed by atoms with Crippen molar-refractivity contribution in [2.75, 3.05) is 20.0 Å². The summed E-state index contributed by atoms with van der Waals surface area (Å²) in [5.41, 5.74) is -0.262. The summed E-state index contributed by atoms with van der Waals surface area (Å²) in [5.74, 6) is 0.822. The van der Waals surface area contributed by atoms with E-state index in [1.165, 1.54) is 0 Å². The molecule has 62 valence electrons. The minimum absolute atomic E-state index is 0.262. The molecule has 0 aromatic rings. The van der Waals surface area contributed by atoms with Gasteiger partial charge in [-0.15, -0.1) is 0 Å². The topological polar surface area (TPSA) is 18.5 Å². The highest BCUT2D eigenvalue weighted by atomic mass is 32.1. The Morgan fingerprint density at radius 2 is 1.90 bits per heavy atom. The lowest BCUT2D eigenvalue weighted by atomic mass is 10.4. The van der Waals surface area contributed by atoms with Gasteiger partial charge in [-0.25, -0.2) is 0 Å². The van der Waals surface area contributed by atoms with Gasteiger partial charge in [-0.1, -0.05) is 6.55 Å². The van der Waals surface area contributed by atoms with E-state index < -0.39 is 0 Å². The summed E-state index contributed by atoms with van der Waals surface area (Å²) >= 11 is 4.14. The highest BCUT2D eigenvalue weighted by Gasteiger charge is 2.25. The quantitative estimate of drug-likeness (QED) is 0.377. The van der Waals surface area contributed by atoms with E-state index in [2.05, 4.69) is 19.2 Å². The number of hydrogen-bond donors (Lipinski definition) is 1. The van der Waals surface area contributed by atoms with E-state index in [0.29, 0.717) is 0 Å². The first kappa shape index (κ1) is 10.5. The van der Waals surface area contributed by atoms with Crippen molar-refractivity contribution in [1.82, 2.24) is 0 Å². The van der Waals surface area contributed by atoms with Gasteiger partial charge in [-0.05, 0) is 5.75 Å². The Labute approximate surface area is 70.5 Å². The van der Waals surface area contributed by atoms with Gasteiger partial charge in [0.25, 0.3) is 0 Å². The molecular formula is C6H16O2SSi. The molecule has 0 aromatic heterocycles. The van der Waals surface area contributed by atoms with Crippen LogP contribution >= 0.6 is 12.6 Å². The number of rotatable bonds is 5. The maximum atomic E-state index is 5.27. The molecule has 0 aliphatic heterocycles. The first-order valence-electron chi connectivity index (χ1n) is 3.46. The van der Waals surface area contributed by atoms with Crippen LogP contribution in [0.4, 0.5) is 0 Å². The Morgan fingerprint density at radius 1 is 1.40 bits per heavy atom. The van der Waals surface area contributed by atoms with Gasteiger partial charge in [0.2, 0.25) is 0 Å². The lowest BCUT2D eigenvalue weighted by molar-refractivity contribution is -0.144. The number of ether oxygens (including phenoxy) is 2. The summed E-state index contributed by atoms with van der Waals surface area (Å²) in [6, 6.07) is 0. The third-order valence-corrected chi connectivity index (χ3v) is 4.01. The normalized spacial score (nSPS) is 13.2. The van der Waals surface area contributed by atoms with Crippen molar-refractivity contribution in [3.8, 4) is 0 Å². The fraction of sp³-hybridized carbons (Fsp3) is 1.00. The second kappa shape index (κ2) is 5.18. The first-order valence-corrected chi connectivity index (χ1v) is 6.21. The molecule has 4 heteroatoms. The molecule has 0 unspecified atom stereocenters. The van der Waals surface area contributed by atoms with Gasteiger partial charge in [0.15, 0.2) is 0 Å². The van der Waals surface area contributed by atoms with Crippen molar-refractivity contribution in [1.29, 1.82) is 0 Å². The molecule has 0 aliphatic carbocycles. The van der Waals surface area contributed by atoms with E-state index in [1.807, 2.05) is 0 Å². The second-order valence-corrected chi connectivity index (χ2v) is 4.38. The number of methoxy groups -OCH3 is 2. The van der Waals surface area contributed by atoms with Crippen LogP contribution in [0.25, 0.3) is 0 Å². The third-order valence-electron chi connectivity index (χ3n) is 1.78. The Morgan fingerprint density at radius 3 is 2.00 bits per heavy atom. The van der Waals surface area contributed by atoms with Crippen molar-refractivity contribution < 1.29 is 9.47 Å². The van der Waals surface area contributed by atoms with E-state index in [-0.39, 0.29) is 14.9 Å². The summed E-state index contributed by atoms with van der Waals surface area (Å²) in [6.45, 7) is 2.18. The molecule has 0 radical (unpaired) electrons. The highest BCUT2D eigenvalue weighted by molar-refractivity contribution is 7.80. The van der Waals surface area contributed by atoms with E-state index in [4.69, 9.17) is 9.47 Å². The molecule has 0 rings (SSSR count). The maximum Gasteiger partial charge on any atom is 0.144 e. The van der Waals surface area contributed by atoms with Crippen LogP contribution in [0.3, 0.4) is 0 Å². The molecule has 0 N–H and O–H groups in total. The van der Waals surface area contributed by atoms with Crippen LogP contribution in [0.2, 0.25) is 6.55 Å². The van der Waals surface area contributed by atoms with Crippen LogP contribution in [0, 0.1) is 0 Å². The molecule has 10 heavy (non-hydrogen) atoms. The molecule has 0 spiro atoms. The van der Waals surface area contributed by atoms with Crippen molar-refractivity contribution >= 4 is 22.1 Å². The monoisotopic (exact) mass is 180 g/mol. The fourth-order valence-corrected chi connectivity index (χ4v) is 2.67. The van der Waals surface area contributed by atoms with Gasteiger partial charge >= 0.3 is 0 Å². The van der Waals surface area contributed by atoms with Gasteiger partial charge in [-0.3, -0.25) is 0 Å². The average molecular weight is 180 g/mol. The van der Waals surface area contributed by atoms with Crippen LogP contribution in [-0.4, -0.2) is 34.9 Å². The summed E-state index contributed by atoms with van der Waals surface area (Å²) in [4.78, 5) is 0. The van der Waals surface area contributed by atoms with Crippen LogP contribution in [-0.2, 0) is 9.47 Å². The molecule has 0 saturated heterocycles. The molecular weight excluding hydrogens is 164 g/mol. The largest absolute Gasteiger partial charge is 0.358 e. The van der Waals surface area contributed by atoms with E-state index >= 15 is 0 Å². The zero-order valence-corrected chi connectivity index (χ0v) is 9.19. The lowest BCUT2D eigenvalue weighted by Crippen LogP contribution is -2.39. The highest BCUT2D eigenvalue weighted by Crippen LogP contribution is 2.14. The van der Waals surface area contributed by atoms with Gasteiger partial charge in [0.05, 0.1) is 9.52 Å². The average Bonchev–Trinajstić information content (AvgIpc) is 2.01. The van der Waals surface area contributed by atoms with Crippen LogP contribution in [0.1, 0.15) is 6.42 Å². The molecule has 0 aromatic carbocycles.